The molecule has 2 heterocycles. The molecular formula is C20H30N4O4S. The van der Waals surface area contributed by atoms with Crippen molar-refractivity contribution in [1.29, 1.82) is 0 Å². The largest absolute Gasteiger partial charge is 0.464 e. The summed E-state index contributed by atoms with van der Waals surface area (Å²) in [5, 5.41) is 4.38. The standard InChI is InChI=1S/C20H30N4O4S/c1-6-22(7-2)29(26,27)20-15(4)21-24(16(20)5)13-19(25)23(17-9-10-17)12-18-11-8-14(3)28-18/h8,11,17H,6-7,9-10,12-13H2,1-5H3. The van der Waals surface area contributed by atoms with Crippen LogP contribution < -0.4 is 0 Å². The summed E-state index contributed by atoms with van der Waals surface area (Å²) in [5.74, 6) is 1.48. The van der Waals surface area contributed by atoms with Gasteiger partial charge in [0.1, 0.15) is 23.0 Å². The van der Waals surface area contributed by atoms with Crippen LogP contribution in [0.25, 0.3) is 0 Å². The maximum Gasteiger partial charge on any atom is 0.246 e. The zero-order valence-electron chi connectivity index (χ0n) is 17.8. The average Bonchev–Trinajstić information content (AvgIpc) is 3.34. The zero-order chi connectivity index (χ0) is 21.3. The Bertz CT molecular complexity index is 984. The Balaban J connectivity index is 1.83. The highest BCUT2D eigenvalue weighted by atomic mass is 32.2. The molecule has 0 radical (unpaired) electrons. The number of aromatic nitrogens is 2. The minimum Gasteiger partial charge on any atom is -0.464 e. The molecule has 0 N–H and O–H groups in total. The van der Waals surface area contributed by atoms with Crippen LogP contribution in [0.3, 0.4) is 0 Å². The van der Waals surface area contributed by atoms with E-state index in [1.807, 2.05) is 37.8 Å². The molecule has 1 fully saturated rings. The Hall–Kier alpha value is -2.13. The van der Waals surface area contributed by atoms with Gasteiger partial charge in [0.15, 0.2) is 0 Å². The first-order valence-electron chi connectivity index (χ1n) is 10.1. The van der Waals surface area contributed by atoms with Gasteiger partial charge >= 0.3 is 0 Å². The van der Waals surface area contributed by atoms with Gasteiger partial charge in [0.25, 0.3) is 0 Å². The first-order valence-corrected chi connectivity index (χ1v) is 11.5. The average molecular weight is 423 g/mol. The molecule has 2 aromatic rings. The third-order valence-electron chi connectivity index (χ3n) is 5.33. The van der Waals surface area contributed by atoms with Gasteiger partial charge in [-0.1, -0.05) is 13.8 Å². The van der Waals surface area contributed by atoms with Crippen LogP contribution in [0.15, 0.2) is 21.4 Å². The van der Waals surface area contributed by atoms with Gasteiger partial charge in [-0.25, -0.2) is 8.42 Å². The van der Waals surface area contributed by atoms with Gasteiger partial charge in [0.05, 0.1) is 17.9 Å². The van der Waals surface area contributed by atoms with Crippen molar-refractivity contribution < 1.29 is 17.6 Å². The molecule has 0 bridgehead atoms. The van der Waals surface area contributed by atoms with Gasteiger partial charge in [-0.05, 0) is 45.7 Å². The highest BCUT2D eigenvalue weighted by molar-refractivity contribution is 7.89. The van der Waals surface area contributed by atoms with E-state index >= 15 is 0 Å². The van der Waals surface area contributed by atoms with Crippen LogP contribution >= 0.6 is 0 Å². The Morgan fingerprint density at radius 2 is 1.86 bits per heavy atom. The van der Waals surface area contributed by atoms with E-state index in [1.165, 1.54) is 8.99 Å². The van der Waals surface area contributed by atoms with Crippen molar-refractivity contribution in [3.63, 3.8) is 0 Å². The second-order valence-corrected chi connectivity index (χ2v) is 9.39. The first-order chi connectivity index (χ1) is 13.7. The lowest BCUT2D eigenvalue weighted by molar-refractivity contribution is -0.133. The monoisotopic (exact) mass is 422 g/mol. The Morgan fingerprint density at radius 1 is 1.21 bits per heavy atom. The van der Waals surface area contributed by atoms with Gasteiger partial charge in [0.2, 0.25) is 15.9 Å². The minimum absolute atomic E-state index is 0.0105. The summed E-state index contributed by atoms with van der Waals surface area (Å²) in [4.78, 5) is 15.1. The second kappa shape index (κ2) is 8.31. The van der Waals surface area contributed by atoms with E-state index in [0.29, 0.717) is 31.0 Å². The second-order valence-electron chi connectivity index (χ2n) is 7.51. The Kier molecular flexibility index (Phi) is 6.19. The number of rotatable bonds is 9. The molecule has 1 amide bonds. The van der Waals surface area contributed by atoms with Crippen molar-refractivity contribution >= 4 is 15.9 Å². The third kappa shape index (κ3) is 4.40. The summed E-state index contributed by atoms with van der Waals surface area (Å²) < 4.78 is 34.5. The van der Waals surface area contributed by atoms with Gasteiger partial charge in [-0.3, -0.25) is 9.48 Å². The molecule has 2 aromatic heterocycles. The molecule has 9 heteroatoms. The van der Waals surface area contributed by atoms with Crippen molar-refractivity contribution in [3.05, 3.63) is 35.0 Å². The van der Waals surface area contributed by atoms with Gasteiger partial charge in [-0.2, -0.15) is 9.40 Å². The summed E-state index contributed by atoms with van der Waals surface area (Å²) in [6.45, 7) is 10.1. The van der Waals surface area contributed by atoms with E-state index in [0.717, 1.165) is 24.4 Å². The van der Waals surface area contributed by atoms with Crippen molar-refractivity contribution in [2.45, 2.75) is 71.5 Å². The van der Waals surface area contributed by atoms with E-state index in [2.05, 4.69) is 5.10 Å². The SMILES string of the molecule is CCN(CC)S(=O)(=O)c1c(C)nn(CC(=O)N(Cc2ccc(C)o2)C2CC2)c1C. The number of amides is 1. The minimum atomic E-state index is -3.64. The molecule has 8 nitrogen and oxygen atoms in total. The van der Waals surface area contributed by atoms with Crippen molar-refractivity contribution in [2.24, 2.45) is 0 Å². The Morgan fingerprint density at radius 3 is 2.38 bits per heavy atom. The van der Waals surface area contributed by atoms with Crippen molar-refractivity contribution in [2.75, 3.05) is 13.1 Å². The number of aryl methyl sites for hydroxylation is 2. The van der Waals surface area contributed by atoms with Crippen LogP contribution in [-0.4, -0.2) is 52.4 Å². The van der Waals surface area contributed by atoms with E-state index in [-0.39, 0.29) is 23.4 Å². The van der Waals surface area contributed by atoms with E-state index in [9.17, 15) is 13.2 Å². The number of nitrogens with zero attached hydrogens (tertiary/aromatic N) is 4. The van der Waals surface area contributed by atoms with Crippen LogP contribution in [0.1, 0.15) is 49.6 Å². The topological polar surface area (TPSA) is 88.7 Å². The number of hydrogen-bond donors (Lipinski definition) is 0. The lowest BCUT2D eigenvalue weighted by atomic mass is 10.3. The predicted octanol–water partition coefficient (Wildman–Crippen LogP) is 2.62. The molecule has 0 spiro atoms. The fourth-order valence-corrected chi connectivity index (χ4v) is 5.50. The number of hydrogen-bond acceptors (Lipinski definition) is 5. The maximum absolute atomic E-state index is 13.0. The fraction of sp³-hybridized carbons (Fsp3) is 0.600. The number of furan rings is 1. The normalized spacial score (nSPS) is 14.6. The molecule has 0 saturated heterocycles. The Labute approximate surface area is 172 Å². The lowest BCUT2D eigenvalue weighted by Gasteiger charge is -2.22. The first kappa shape index (κ1) is 21.6. The number of carbonyl (C=O) groups excluding carboxylic acids is 1. The van der Waals surface area contributed by atoms with Crippen LogP contribution in [0.5, 0.6) is 0 Å². The molecule has 1 aliphatic carbocycles. The third-order valence-corrected chi connectivity index (χ3v) is 7.64. The highest BCUT2D eigenvalue weighted by Gasteiger charge is 2.34. The lowest BCUT2D eigenvalue weighted by Crippen LogP contribution is -2.35. The summed E-state index contributed by atoms with van der Waals surface area (Å²) >= 11 is 0. The molecule has 0 atom stereocenters. The van der Waals surface area contributed by atoms with Crippen LogP contribution in [0.4, 0.5) is 0 Å². The van der Waals surface area contributed by atoms with Crippen LogP contribution in [0.2, 0.25) is 0 Å². The van der Waals surface area contributed by atoms with E-state index in [4.69, 9.17) is 4.42 Å². The van der Waals surface area contributed by atoms with Crippen molar-refractivity contribution in [1.82, 2.24) is 19.0 Å². The molecular weight excluding hydrogens is 392 g/mol. The maximum atomic E-state index is 13.0. The fourth-order valence-electron chi connectivity index (χ4n) is 3.66. The highest BCUT2D eigenvalue weighted by Crippen LogP contribution is 2.30. The van der Waals surface area contributed by atoms with E-state index < -0.39 is 10.0 Å². The van der Waals surface area contributed by atoms with E-state index in [1.54, 1.807) is 13.8 Å². The summed E-state index contributed by atoms with van der Waals surface area (Å²) in [6, 6.07) is 3.98. The smallest absolute Gasteiger partial charge is 0.246 e. The summed E-state index contributed by atoms with van der Waals surface area (Å²) in [6.07, 6.45) is 1.95. The molecule has 1 aliphatic rings. The van der Waals surface area contributed by atoms with Gasteiger partial charge < -0.3 is 9.32 Å². The molecule has 160 valence electrons. The zero-order valence-corrected chi connectivity index (χ0v) is 18.6. The predicted molar refractivity (Wildman–Crippen MR) is 109 cm³/mol. The number of carbonyl (C=O) groups is 1. The van der Waals surface area contributed by atoms with Gasteiger partial charge in [-0.15, -0.1) is 0 Å². The molecule has 1 saturated carbocycles. The summed E-state index contributed by atoms with van der Waals surface area (Å²) in [7, 11) is -3.64. The molecule has 3 rings (SSSR count). The van der Waals surface area contributed by atoms with Crippen LogP contribution in [-0.2, 0) is 27.9 Å². The molecule has 0 unspecified atom stereocenters. The van der Waals surface area contributed by atoms with Crippen molar-refractivity contribution in [3.8, 4) is 0 Å². The van der Waals surface area contributed by atoms with Crippen LogP contribution in [0, 0.1) is 20.8 Å². The molecule has 0 aromatic carbocycles. The summed E-state index contributed by atoms with van der Waals surface area (Å²) in [5.41, 5.74) is 0.911. The van der Waals surface area contributed by atoms with Gasteiger partial charge in [0, 0.05) is 19.1 Å². The number of sulfonamides is 1. The molecule has 0 aliphatic heterocycles. The molecule has 29 heavy (non-hydrogen) atoms. The quantitative estimate of drug-likeness (QED) is 0.620.